The Morgan fingerprint density at radius 3 is 0.723 bits per heavy atom. The van der Waals surface area contributed by atoms with E-state index in [9.17, 15) is 56.2 Å². The number of rotatable bonds is 34. The van der Waals surface area contributed by atoms with E-state index >= 15 is 0 Å². The average molecular weight is 697 g/mol. The Morgan fingerprint density at radius 1 is 0.340 bits per heavy atom. The molecule has 6 unspecified atom stereocenters. The fraction of sp³-hybridized carbons (Fsp3) is 1.00. The first-order chi connectivity index (χ1) is 22.4. The van der Waals surface area contributed by atoms with Crippen LogP contribution in [0.15, 0.2) is 0 Å². The Labute approximate surface area is 275 Å². The van der Waals surface area contributed by atoms with Gasteiger partial charge >= 0.3 is 0 Å². The fourth-order valence-corrected chi connectivity index (χ4v) is 3.83. The number of hydrogen-bond acceptors (Lipinski definition) is 18. The number of aliphatic hydroxyl groups is 11. The summed E-state index contributed by atoms with van der Waals surface area (Å²) >= 11 is 0. The molecule has 0 aliphatic heterocycles. The van der Waals surface area contributed by atoms with E-state index in [1.807, 2.05) is 0 Å². The molecule has 47 heavy (non-hydrogen) atoms. The van der Waals surface area contributed by atoms with E-state index in [-0.39, 0.29) is 92.5 Å². The summed E-state index contributed by atoms with van der Waals surface area (Å²) < 4.78 is 40.2. The summed E-state index contributed by atoms with van der Waals surface area (Å²) in [6, 6.07) is 0. The van der Waals surface area contributed by atoms with Crippen molar-refractivity contribution in [2.75, 3.05) is 126 Å². The van der Waals surface area contributed by atoms with Gasteiger partial charge in [-0.1, -0.05) is 6.92 Å². The van der Waals surface area contributed by atoms with E-state index < -0.39 is 80.5 Å². The van der Waals surface area contributed by atoms with Gasteiger partial charge in [0.1, 0.15) is 30.5 Å². The van der Waals surface area contributed by atoms with Crippen molar-refractivity contribution in [2.24, 2.45) is 10.8 Å². The first kappa shape index (κ1) is 46.3. The van der Waals surface area contributed by atoms with E-state index in [1.54, 1.807) is 6.92 Å². The molecule has 0 fully saturated rings. The lowest BCUT2D eigenvalue weighted by Crippen LogP contribution is -2.47. The maximum Gasteiger partial charge on any atom is 0.100 e. The van der Waals surface area contributed by atoms with E-state index in [4.69, 9.17) is 33.2 Å². The van der Waals surface area contributed by atoms with Crippen LogP contribution in [-0.4, -0.2) is 218 Å². The van der Waals surface area contributed by atoms with Crippen molar-refractivity contribution in [3.63, 3.8) is 0 Å². The molecule has 0 saturated carbocycles. The Balaban J connectivity index is 6.19. The third-order valence-electron chi connectivity index (χ3n) is 6.65. The molecule has 0 amide bonds. The highest BCUT2D eigenvalue weighted by Gasteiger charge is 2.37. The summed E-state index contributed by atoms with van der Waals surface area (Å²) in [5.41, 5.74) is -2.33. The molecule has 0 aliphatic carbocycles. The first-order valence-electron chi connectivity index (χ1n) is 15.6. The predicted octanol–water partition coefficient (Wildman–Crippen LogP) is -5.39. The molecular formula is C29H60O18. The van der Waals surface area contributed by atoms with Crippen LogP contribution in [0.5, 0.6) is 0 Å². The van der Waals surface area contributed by atoms with Gasteiger partial charge in [0.25, 0.3) is 0 Å². The van der Waals surface area contributed by atoms with Crippen LogP contribution in [0, 0.1) is 10.8 Å². The van der Waals surface area contributed by atoms with Crippen molar-refractivity contribution in [2.45, 2.75) is 50.0 Å². The second-order valence-electron chi connectivity index (χ2n) is 11.8. The average Bonchev–Trinajstić information content (AvgIpc) is 3.07. The van der Waals surface area contributed by atoms with Gasteiger partial charge in [0.15, 0.2) is 0 Å². The lowest BCUT2D eigenvalue weighted by atomic mass is 9.90. The Hall–Kier alpha value is -0.720. The molecule has 0 aliphatic rings. The highest BCUT2D eigenvalue weighted by atomic mass is 16.5. The van der Waals surface area contributed by atoms with Gasteiger partial charge in [-0.15, -0.1) is 0 Å². The third kappa shape index (κ3) is 22.6. The van der Waals surface area contributed by atoms with Crippen molar-refractivity contribution in [1.29, 1.82) is 0 Å². The topological polar surface area (TPSA) is 287 Å². The maximum absolute atomic E-state index is 10.0. The van der Waals surface area contributed by atoms with Gasteiger partial charge in [-0.3, -0.25) is 0 Å². The minimum Gasteiger partial charge on any atom is -0.394 e. The maximum atomic E-state index is 10.0. The molecule has 11 N–H and O–H groups in total. The SMILES string of the molecule is CCC(O)COCC(COCC(O)CO)(COCC(O)CO)COCC(COCC(O)CO)(COCC(O)CO)COCC(O)CO. The van der Waals surface area contributed by atoms with Gasteiger partial charge in [-0.25, -0.2) is 0 Å². The van der Waals surface area contributed by atoms with Gasteiger partial charge < -0.3 is 89.3 Å². The van der Waals surface area contributed by atoms with Crippen LogP contribution < -0.4 is 0 Å². The number of ether oxygens (including phenoxy) is 7. The Bertz CT molecular complexity index is 568. The number of hydrogen-bond donors (Lipinski definition) is 11. The van der Waals surface area contributed by atoms with E-state index in [2.05, 4.69) is 0 Å². The second kappa shape index (κ2) is 28.0. The summed E-state index contributed by atoms with van der Waals surface area (Å²) in [6.45, 7) is -3.65. The largest absolute Gasteiger partial charge is 0.394 e. The third-order valence-corrected chi connectivity index (χ3v) is 6.65. The zero-order valence-electron chi connectivity index (χ0n) is 27.4. The molecule has 0 rings (SSSR count). The fourth-order valence-electron chi connectivity index (χ4n) is 3.83. The molecule has 0 aromatic heterocycles. The highest BCUT2D eigenvalue weighted by Crippen LogP contribution is 2.26. The molecule has 0 aromatic rings. The number of aliphatic hydroxyl groups excluding tert-OH is 11. The second-order valence-corrected chi connectivity index (χ2v) is 11.8. The summed E-state index contributed by atoms with van der Waals surface area (Å²) in [5.74, 6) is 0. The predicted molar refractivity (Wildman–Crippen MR) is 162 cm³/mol. The van der Waals surface area contributed by atoms with Crippen molar-refractivity contribution in [3.8, 4) is 0 Å². The smallest absolute Gasteiger partial charge is 0.100 e. The Kier molecular flexibility index (Phi) is 27.6. The van der Waals surface area contributed by atoms with Crippen molar-refractivity contribution >= 4 is 0 Å². The van der Waals surface area contributed by atoms with Crippen molar-refractivity contribution < 1.29 is 89.3 Å². The van der Waals surface area contributed by atoms with Gasteiger partial charge in [0, 0.05) is 0 Å². The molecule has 284 valence electrons. The van der Waals surface area contributed by atoms with Gasteiger partial charge in [0.2, 0.25) is 0 Å². The minimum absolute atomic E-state index is 0.0379. The minimum atomic E-state index is -1.19. The van der Waals surface area contributed by atoms with Crippen molar-refractivity contribution in [3.05, 3.63) is 0 Å². The molecule has 18 heteroatoms. The summed E-state index contributed by atoms with van der Waals surface area (Å²) in [6.07, 6.45) is -6.27. The zero-order valence-corrected chi connectivity index (χ0v) is 27.4. The lowest BCUT2D eigenvalue weighted by molar-refractivity contribution is -0.159. The lowest BCUT2D eigenvalue weighted by Gasteiger charge is -2.37. The van der Waals surface area contributed by atoms with Crippen LogP contribution in [0.25, 0.3) is 0 Å². The van der Waals surface area contributed by atoms with Crippen LogP contribution in [0.1, 0.15) is 13.3 Å². The first-order valence-corrected chi connectivity index (χ1v) is 15.6. The van der Waals surface area contributed by atoms with Gasteiger partial charge in [-0.05, 0) is 6.42 Å². The quantitative estimate of drug-likeness (QED) is 0.0299. The molecule has 6 atom stereocenters. The molecule has 0 radical (unpaired) electrons. The summed E-state index contributed by atoms with van der Waals surface area (Å²) in [5, 5.41) is 105. The highest BCUT2D eigenvalue weighted by molar-refractivity contribution is 4.84. The monoisotopic (exact) mass is 696 g/mol. The van der Waals surface area contributed by atoms with Crippen LogP contribution >= 0.6 is 0 Å². The van der Waals surface area contributed by atoms with Crippen LogP contribution in [-0.2, 0) is 33.2 Å². The molecule has 18 nitrogen and oxygen atoms in total. The van der Waals surface area contributed by atoms with E-state index in [0.29, 0.717) is 6.42 Å². The van der Waals surface area contributed by atoms with Crippen LogP contribution in [0.3, 0.4) is 0 Å². The van der Waals surface area contributed by atoms with Gasteiger partial charge in [0.05, 0.1) is 142 Å². The van der Waals surface area contributed by atoms with Crippen LogP contribution in [0.2, 0.25) is 0 Å². The van der Waals surface area contributed by atoms with E-state index in [1.165, 1.54) is 0 Å². The zero-order chi connectivity index (χ0) is 35.6. The Morgan fingerprint density at radius 2 is 0.532 bits per heavy atom. The molecule has 0 heterocycles. The summed E-state index contributed by atoms with van der Waals surface area (Å²) in [7, 11) is 0. The normalized spacial score (nSPS) is 18.6. The molecule has 0 aromatic carbocycles. The van der Waals surface area contributed by atoms with E-state index in [0.717, 1.165) is 0 Å². The van der Waals surface area contributed by atoms with Crippen LogP contribution in [0.4, 0.5) is 0 Å². The van der Waals surface area contributed by atoms with Crippen molar-refractivity contribution in [1.82, 2.24) is 0 Å². The standard InChI is InChI=1S/C29H60O18/c1-2-22(35)8-41-14-28(15-42-9-23(36)3-30,16-43-10-24(37)4-31)20-47-21-29(17-44-11-25(38)5-32,18-45-12-26(39)6-33)19-46-13-27(40)7-34/h22-27,30-40H,2-21H2,1H3. The summed E-state index contributed by atoms with van der Waals surface area (Å²) in [4.78, 5) is 0. The molecular weight excluding hydrogens is 636 g/mol. The molecule has 0 bridgehead atoms. The molecule has 0 spiro atoms. The van der Waals surface area contributed by atoms with Gasteiger partial charge in [-0.2, -0.15) is 0 Å². The molecule has 0 saturated heterocycles.